The molecular formula is C13H28S. The van der Waals surface area contributed by atoms with Crippen molar-refractivity contribution in [3.8, 4) is 0 Å². The van der Waals surface area contributed by atoms with Gasteiger partial charge in [-0.2, -0.15) is 0 Å². The second kappa shape index (κ2) is 4.92. The minimum Gasteiger partial charge on any atom is -0.244 e. The van der Waals surface area contributed by atoms with E-state index in [-0.39, 0.29) is 10.0 Å². The molecule has 1 saturated heterocycles. The van der Waals surface area contributed by atoms with Crippen LogP contribution in [0.15, 0.2) is 0 Å². The average Bonchev–Trinajstić information content (AvgIpc) is 2.08. The lowest BCUT2D eigenvalue weighted by molar-refractivity contribution is 0.405. The van der Waals surface area contributed by atoms with Crippen LogP contribution < -0.4 is 0 Å². The van der Waals surface area contributed by atoms with Crippen LogP contribution in [0.25, 0.3) is 0 Å². The largest absolute Gasteiger partial charge is 0.244 e. The summed E-state index contributed by atoms with van der Waals surface area (Å²) >= 11 is 0. The molecular weight excluding hydrogens is 188 g/mol. The topological polar surface area (TPSA) is 0 Å². The Bertz CT molecular complexity index is 172. The van der Waals surface area contributed by atoms with E-state index in [0.29, 0.717) is 0 Å². The van der Waals surface area contributed by atoms with Crippen molar-refractivity contribution in [1.82, 2.24) is 0 Å². The normalized spacial score (nSPS) is 34.4. The molecule has 2 unspecified atom stereocenters. The minimum atomic E-state index is -0.262. The zero-order valence-electron chi connectivity index (χ0n) is 10.7. The summed E-state index contributed by atoms with van der Waals surface area (Å²) in [5.41, 5.74) is 0. The summed E-state index contributed by atoms with van der Waals surface area (Å²) < 4.78 is 0. The zero-order chi connectivity index (χ0) is 10.8. The molecule has 1 heteroatoms. The van der Waals surface area contributed by atoms with Crippen LogP contribution in [0.5, 0.6) is 0 Å². The molecule has 0 aromatic heterocycles. The van der Waals surface area contributed by atoms with Crippen molar-refractivity contribution in [2.24, 2.45) is 11.8 Å². The molecule has 1 aliphatic rings. The van der Waals surface area contributed by atoms with Gasteiger partial charge in [0.2, 0.25) is 0 Å². The maximum absolute atomic E-state index is 2.56. The SMILES string of the molecule is CCC1CCS(C)(C)C(CC(C)C)C1. The van der Waals surface area contributed by atoms with Crippen LogP contribution in [0, 0.1) is 11.8 Å². The molecule has 14 heavy (non-hydrogen) atoms. The van der Waals surface area contributed by atoms with Crippen LogP contribution in [0.1, 0.15) is 46.5 Å². The summed E-state index contributed by atoms with van der Waals surface area (Å²) in [5.74, 6) is 3.46. The van der Waals surface area contributed by atoms with Gasteiger partial charge in [-0.15, -0.1) is 0 Å². The van der Waals surface area contributed by atoms with Crippen molar-refractivity contribution in [3.63, 3.8) is 0 Å². The molecule has 1 aliphatic heterocycles. The van der Waals surface area contributed by atoms with Crippen LogP contribution in [0.2, 0.25) is 0 Å². The van der Waals surface area contributed by atoms with Crippen molar-refractivity contribution >= 4 is 10.0 Å². The van der Waals surface area contributed by atoms with Crippen molar-refractivity contribution < 1.29 is 0 Å². The van der Waals surface area contributed by atoms with Crippen LogP contribution in [-0.2, 0) is 0 Å². The fourth-order valence-electron chi connectivity index (χ4n) is 2.64. The maximum atomic E-state index is 2.56. The van der Waals surface area contributed by atoms with Gasteiger partial charge in [0.25, 0.3) is 0 Å². The molecule has 86 valence electrons. The standard InChI is InChI=1S/C13H28S/c1-6-12-7-8-14(4,5)13(10-12)9-11(2)3/h11-13H,6-10H2,1-5H3. The van der Waals surface area contributed by atoms with Gasteiger partial charge in [0.05, 0.1) is 0 Å². The van der Waals surface area contributed by atoms with E-state index < -0.39 is 0 Å². The molecule has 0 saturated carbocycles. The van der Waals surface area contributed by atoms with Crippen LogP contribution in [0.4, 0.5) is 0 Å². The second-order valence-electron chi connectivity index (χ2n) is 5.88. The molecule has 0 radical (unpaired) electrons. The number of hydrogen-bond acceptors (Lipinski definition) is 0. The summed E-state index contributed by atoms with van der Waals surface area (Å²) in [6.07, 6.45) is 11.0. The lowest BCUT2D eigenvalue weighted by atomic mass is 9.93. The first-order valence-electron chi connectivity index (χ1n) is 6.15. The van der Waals surface area contributed by atoms with Gasteiger partial charge in [-0.05, 0) is 54.6 Å². The second-order valence-corrected chi connectivity index (χ2v) is 10.2. The first-order chi connectivity index (χ1) is 6.45. The fourth-order valence-corrected chi connectivity index (χ4v) is 5.61. The van der Waals surface area contributed by atoms with Gasteiger partial charge in [0, 0.05) is 0 Å². The first kappa shape index (κ1) is 12.4. The highest BCUT2D eigenvalue weighted by Crippen LogP contribution is 2.55. The number of rotatable bonds is 3. The highest BCUT2D eigenvalue weighted by atomic mass is 32.3. The molecule has 0 spiro atoms. The lowest BCUT2D eigenvalue weighted by Crippen LogP contribution is -2.30. The molecule has 1 fully saturated rings. The predicted molar refractivity (Wildman–Crippen MR) is 70.6 cm³/mol. The monoisotopic (exact) mass is 216 g/mol. The Morgan fingerprint density at radius 1 is 1.29 bits per heavy atom. The van der Waals surface area contributed by atoms with E-state index in [1.807, 2.05) is 0 Å². The summed E-state index contributed by atoms with van der Waals surface area (Å²) in [7, 11) is -0.262. The Balaban J connectivity index is 2.56. The van der Waals surface area contributed by atoms with E-state index in [1.165, 1.54) is 31.4 Å². The Hall–Kier alpha value is 0.350. The van der Waals surface area contributed by atoms with E-state index in [9.17, 15) is 0 Å². The van der Waals surface area contributed by atoms with E-state index >= 15 is 0 Å². The fraction of sp³-hybridized carbons (Fsp3) is 1.00. The molecule has 1 rings (SSSR count). The highest BCUT2D eigenvalue weighted by molar-refractivity contribution is 8.33. The Labute approximate surface area is 92.2 Å². The summed E-state index contributed by atoms with van der Waals surface area (Å²) in [4.78, 5) is 0. The number of hydrogen-bond donors (Lipinski definition) is 0. The first-order valence-corrected chi connectivity index (χ1v) is 8.83. The van der Waals surface area contributed by atoms with Gasteiger partial charge in [-0.1, -0.05) is 27.2 Å². The third kappa shape index (κ3) is 3.18. The van der Waals surface area contributed by atoms with Gasteiger partial charge >= 0.3 is 0 Å². The summed E-state index contributed by atoms with van der Waals surface area (Å²) in [5, 5.41) is 1.06. The van der Waals surface area contributed by atoms with Crippen LogP contribution >= 0.6 is 10.0 Å². The quantitative estimate of drug-likeness (QED) is 0.660. The Morgan fingerprint density at radius 2 is 1.93 bits per heavy atom. The highest BCUT2D eigenvalue weighted by Gasteiger charge is 2.32. The molecule has 0 bridgehead atoms. The summed E-state index contributed by atoms with van der Waals surface area (Å²) in [6.45, 7) is 7.13. The molecule has 0 aromatic rings. The minimum absolute atomic E-state index is 0.262. The van der Waals surface area contributed by atoms with Gasteiger partial charge in [-0.3, -0.25) is 0 Å². The summed E-state index contributed by atoms with van der Waals surface area (Å²) in [6, 6.07) is 0. The lowest BCUT2D eigenvalue weighted by Gasteiger charge is -2.47. The molecule has 0 amide bonds. The van der Waals surface area contributed by atoms with Gasteiger partial charge < -0.3 is 0 Å². The molecule has 0 aliphatic carbocycles. The molecule has 0 nitrogen and oxygen atoms in total. The third-order valence-corrected chi connectivity index (χ3v) is 7.34. The average molecular weight is 216 g/mol. The maximum Gasteiger partial charge on any atom is -0.0112 e. The van der Waals surface area contributed by atoms with Crippen LogP contribution in [0.3, 0.4) is 0 Å². The van der Waals surface area contributed by atoms with Gasteiger partial charge in [0.1, 0.15) is 0 Å². The Morgan fingerprint density at radius 3 is 2.43 bits per heavy atom. The molecule has 1 heterocycles. The molecule has 2 atom stereocenters. The molecule has 0 N–H and O–H groups in total. The Kier molecular flexibility index (Phi) is 4.36. The van der Waals surface area contributed by atoms with Crippen molar-refractivity contribution in [1.29, 1.82) is 0 Å². The van der Waals surface area contributed by atoms with E-state index in [4.69, 9.17) is 0 Å². The van der Waals surface area contributed by atoms with Gasteiger partial charge in [-0.25, -0.2) is 10.0 Å². The van der Waals surface area contributed by atoms with Crippen LogP contribution in [-0.4, -0.2) is 23.5 Å². The van der Waals surface area contributed by atoms with Crippen molar-refractivity contribution in [2.45, 2.75) is 51.7 Å². The predicted octanol–water partition coefficient (Wildman–Crippen LogP) is 4.29. The van der Waals surface area contributed by atoms with E-state index in [0.717, 1.165) is 17.1 Å². The van der Waals surface area contributed by atoms with E-state index in [2.05, 4.69) is 33.3 Å². The molecule has 0 aromatic carbocycles. The van der Waals surface area contributed by atoms with Gasteiger partial charge in [0.15, 0.2) is 0 Å². The van der Waals surface area contributed by atoms with E-state index in [1.54, 1.807) is 0 Å². The third-order valence-electron chi connectivity index (χ3n) is 3.86. The smallest absolute Gasteiger partial charge is 0.0112 e. The van der Waals surface area contributed by atoms with Crippen molar-refractivity contribution in [3.05, 3.63) is 0 Å². The van der Waals surface area contributed by atoms with Crippen molar-refractivity contribution in [2.75, 3.05) is 18.3 Å². The zero-order valence-corrected chi connectivity index (χ0v) is 11.5.